The van der Waals surface area contributed by atoms with Gasteiger partial charge in [-0.15, -0.1) is 0 Å². The van der Waals surface area contributed by atoms with Crippen molar-refractivity contribution in [2.45, 2.75) is 474 Å². The van der Waals surface area contributed by atoms with E-state index in [1.807, 2.05) is 6.08 Å². The van der Waals surface area contributed by atoms with E-state index in [9.17, 15) is 35.1 Å². The molecule has 1 aliphatic heterocycles. The molecule has 6 N–H and O–H groups in total. The minimum absolute atomic E-state index is 0.00785. The predicted octanol–water partition coefficient (Wildman–Crippen LogP) is 23.8. The third kappa shape index (κ3) is 63.3. The summed E-state index contributed by atoms with van der Waals surface area (Å²) in [6, 6.07) is -0.809. The normalized spacial score (nSPS) is 17.4. The lowest BCUT2D eigenvalue weighted by atomic mass is 9.99. The van der Waals surface area contributed by atoms with E-state index in [0.717, 1.165) is 64.2 Å². The Kier molecular flexibility index (Phi) is 72.4. The predicted molar refractivity (Wildman–Crippen MR) is 417 cm³/mol. The minimum Gasteiger partial charge on any atom is -0.466 e. The summed E-state index contributed by atoms with van der Waals surface area (Å²) in [5.41, 5.74) is 0. The smallest absolute Gasteiger partial charge is 0.305 e. The average Bonchev–Trinajstić information content (AvgIpc) is 0.827. The number of allylic oxidation sites excluding steroid dienone is 7. The first kappa shape index (κ1) is 93.6. The fraction of sp³-hybridized carbons (Fsp3) is 0.885. The highest BCUT2D eigenvalue weighted by Gasteiger charge is 2.44. The first-order valence-corrected chi connectivity index (χ1v) is 42.9. The summed E-state index contributed by atoms with van der Waals surface area (Å²) in [4.78, 5) is 25.2. The average molecular weight is 1380 g/mol. The lowest BCUT2D eigenvalue weighted by molar-refractivity contribution is -0.302. The molecule has 7 atom stereocenters. The molecule has 1 fully saturated rings. The van der Waals surface area contributed by atoms with Crippen LogP contribution in [0.1, 0.15) is 431 Å². The first-order valence-electron chi connectivity index (χ1n) is 42.9. The van der Waals surface area contributed by atoms with Crippen molar-refractivity contribution in [1.29, 1.82) is 0 Å². The molecule has 0 radical (unpaired) electrons. The number of hydrogen-bond donors (Lipinski definition) is 6. The van der Waals surface area contributed by atoms with Crippen molar-refractivity contribution in [3.05, 3.63) is 48.6 Å². The van der Waals surface area contributed by atoms with Crippen LogP contribution in [0.15, 0.2) is 48.6 Å². The summed E-state index contributed by atoms with van der Waals surface area (Å²) in [6.07, 6.45) is 91.5. The third-order valence-corrected chi connectivity index (χ3v) is 20.4. The standard InChI is InChI=1S/C87H163NO10/c1-3-5-7-9-11-13-15-17-19-47-51-55-59-63-67-71-75-83(92)96-76-72-68-64-60-56-52-48-44-42-40-38-36-34-32-30-28-26-24-22-20-21-23-25-27-29-31-33-35-37-39-41-43-46-50-54-58-62-66-70-74-82(91)88-79(78-97-87-86(95)85(94)84(93)81(77-89)98-87)80(90)73-69-65-61-57-53-49-45-18-16-14-12-10-8-6-4-2/h19-21,24,26,47,69,73,79-81,84-87,89-90,93-95H,3-18,22-23,25,27-46,48-68,70-72,74-78H2,1-2H3,(H,88,91)/b21-20-,26-24-,47-19-,73-69+. The molecule has 7 unspecified atom stereocenters. The van der Waals surface area contributed by atoms with Gasteiger partial charge in [0.25, 0.3) is 0 Å². The zero-order valence-corrected chi connectivity index (χ0v) is 64.5. The summed E-state index contributed by atoms with van der Waals surface area (Å²) in [7, 11) is 0. The quantitative estimate of drug-likeness (QED) is 0.0195. The van der Waals surface area contributed by atoms with Crippen LogP contribution in [-0.4, -0.2) is 100 Å². The van der Waals surface area contributed by atoms with Crippen molar-refractivity contribution in [1.82, 2.24) is 5.32 Å². The van der Waals surface area contributed by atoms with Gasteiger partial charge in [0.1, 0.15) is 24.4 Å². The van der Waals surface area contributed by atoms with Gasteiger partial charge in [-0.3, -0.25) is 9.59 Å². The number of ether oxygens (including phenoxy) is 3. The van der Waals surface area contributed by atoms with Gasteiger partial charge in [-0.25, -0.2) is 0 Å². The monoisotopic (exact) mass is 1380 g/mol. The molecular weight excluding hydrogens is 1220 g/mol. The van der Waals surface area contributed by atoms with Gasteiger partial charge in [0, 0.05) is 12.8 Å². The summed E-state index contributed by atoms with van der Waals surface area (Å²) in [5.74, 6) is -0.167. The van der Waals surface area contributed by atoms with Crippen LogP contribution in [0.2, 0.25) is 0 Å². The van der Waals surface area contributed by atoms with Gasteiger partial charge < -0.3 is 45.1 Å². The van der Waals surface area contributed by atoms with Gasteiger partial charge in [-0.1, -0.05) is 377 Å². The molecule has 0 aliphatic carbocycles. The van der Waals surface area contributed by atoms with E-state index in [-0.39, 0.29) is 18.5 Å². The van der Waals surface area contributed by atoms with Gasteiger partial charge in [-0.2, -0.15) is 0 Å². The second-order valence-corrected chi connectivity index (χ2v) is 29.9. The Morgan fingerprint density at radius 1 is 0.378 bits per heavy atom. The maximum atomic E-state index is 13.1. The molecule has 11 heteroatoms. The Hall–Kier alpha value is -2.38. The van der Waals surface area contributed by atoms with E-state index >= 15 is 0 Å². The van der Waals surface area contributed by atoms with Gasteiger partial charge in [0.2, 0.25) is 5.91 Å². The highest BCUT2D eigenvalue weighted by Crippen LogP contribution is 2.24. The summed E-state index contributed by atoms with van der Waals surface area (Å²) < 4.78 is 16.8. The molecule has 1 rings (SSSR count). The van der Waals surface area contributed by atoms with Crippen LogP contribution in [0.5, 0.6) is 0 Å². The number of carbonyl (C=O) groups is 2. The SMILES string of the molecule is CCCCCCCCC/C=C\CCCCCCCC(=O)OCCCCCCCCCCCCCCCCC/C=C\C/C=C\CCCCCCCCCCCCCCCCCCCC(=O)NC(COC1OC(CO)C(O)C(O)C1O)C(O)/C=C/CCCCCCCCCCCCCCC. The van der Waals surface area contributed by atoms with Crippen molar-refractivity contribution in [3.8, 4) is 0 Å². The van der Waals surface area contributed by atoms with Crippen molar-refractivity contribution >= 4 is 11.9 Å². The molecule has 1 saturated heterocycles. The van der Waals surface area contributed by atoms with E-state index in [4.69, 9.17) is 14.2 Å². The molecule has 0 spiro atoms. The van der Waals surface area contributed by atoms with Crippen LogP contribution in [-0.2, 0) is 23.8 Å². The zero-order chi connectivity index (χ0) is 70.8. The summed E-state index contributed by atoms with van der Waals surface area (Å²) in [6.45, 7) is 4.40. The molecule has 1 heterocycles. The van der Waals surface area contributed by atoms with Crippen molar-refractivity contribution in [3.63, 3.8) is 0 Å². The number of hydrogen-bond acceptors (Lipinski definition) is 10. The highest BCUT2D eigenvalue weighted by atomic mass is 16.7. The second-order valence-electron chi connectivity index (χ2n) is 29.9. The number of esters is 1. The molecule has 98 heavy (non-hydrogen) atoms. The number of nitrogens with one attached hydrogen (secondary N) is 1. The highest BCUT2D eigenvalue weighted by molar-refractivity contribution is 5.76. The van der Waals surface area contributed by atoms with Gasteiger partial charge in [0.05, 0.1) is 32.0 Å². The molecule has 0 bridgehead atoms. The molecule has 0 aromatic carbocycles. The van der Waals surface area contributed by atoms with Crippen LogP contribution in [0.4, 0.5) is 0 Å². The van der Waals surface area contributed by atoms with Crippen molar-refractivity contribution in [2.75, 3.05) is 19.8 Å². The van der Waals surface area contributed by atoms with Gasteiger partial charge in [-0.05, 0) is 89.9 Å². The topological polar surface area (TPSA) is 175 Å². The van der Waals surface area contributed by atoms with E-state index in [1.165, 1.54) is 340 Å². The fourth-order valence-electron chi connectivity index (χ4n) is 13.7. The molecule has 1 aliphatic rings. The largest absolute Gasteiger partial charge is 0.466 e. The number of aliphatic hydroxyl groups is 5. The molecular formula is C87H163NO10. The van der Waals surface area contributed by atoms with Crippen LogP contribution >= 0.6 is 0 Å². The van der Waals surface area contributed by atoms with Crippen LogP contribution < -0.4 is 5.32 Å². The molecule has 0 aromatic rings. The maximum Gasteiger partial charge on any atom is 0.305 e. The van der Waals surface area contributed by atoms with Gasteiger partial charge >= 0.3 is 5.97 Å². The number of unbranched alkanes of at least 4 members (excludes halogenated alkanes) is 57. The Morgan fingerprint density at radius 3 is 1.04 bits per heavy atom. The Bertz CT molecular complexity index is 1770. The fourth-order valence-corrected chi connectivity index (χ4v) is 13.7. The van der Waals surface area contributed by atoms with Crippen LogP contribution in [0.3, 0.4) is 0 Å². The maximum absolute atomic E-state index is 13.1. The zero-order valence-electron chi connectivity index (χ0n) is 64.5. The Balaban J connectivity index is 1.90. The number of carbonyl (C=O) groups excluding carboxylic acids is 2. The number of aliphatic hydroxyl groups excluding tert-OH is 5. The molecule has 0 aromatic heterocycles. The second kappa shape index (κ2) is 75.8. The summed E-state index contributed by atoms with van der Waals surface area (Å²) in [5, 5.41) is 54.7. The van der Waals surface area contributed by atoms with Crippen LogP contribution in [0.25, 0.3) is 0 Å². The van der Waals surface area contributed by atoms with Crippen LogP contribution in [0, 0.1) is 0 Å². The van der Waals surface area contributed by atoms with E-state index < -0.39 is 49.5 Å². The van der Waals surface area contributed by atoms with Gasteiger partial charge in [0.15, 0.2) is 6.29 Å². The Labute approximate surface area is 606 Å². The first-order chi connectivity index (χ1) is 48.2. The Morgan fingerprint density at radius 2 is 0.684 bits per heavy atom. The third-order valence-electron chi connectivity index (χ3n) is 20.4. The minimum atomic E-state index is -1.57. The molecule has 1 amide bonds. The number of amides is 1. The van der Waals surface area contributed by atoms with Crippen molar-refractivity contribution in [2.24, 2.45) is 0 Å². The van der Waals surface area contributed by atoms with Crippen molar-refractivity contribution < 1.29 is 49.3 Å². The molecule has 11 nitrogen and oxygen atoms in total. The van der Waals surface area contributed by atoms with E-state index in [1.54, 1.807) is 6.08 Å². The summed E-state index contributed by atoms with van der Waals surface area (Å²) >= 11 is 0. The molecule has 576 valence electrons. The van der Waals surface area contributed by atoms with E-state index in [0.29, 0.717) is 19.4 Å². The lowest BCUT2D eigenvalue weighted by Gasteiger charge is -2.40. The van der Waals surface area contributed by atoms with E-state index in [2.05, 4.69) is 55.6 Å². The molecule has 0 saturated carbocycles. The number of rotatable bonds is 77. The lowest BCUT2D eigenvalue weighted by Crippen LogP contribution is -2.60.